The number of methoxy groups -OCH3 is 1. The number of hydrogen-bond acceptors (Lipinski definition) is 5. The molecular weight excluding hydrogens is 250 g/mol. The van der Waals surface area contributed by atoms with Crippen molar-refractivity contribution < 1.29 is 23.9 Å². The van der Waals surface area contributed by atoms with Gasteiger partial charge in [-0.15, -0.1) is 0 Å². The van der Waals surface area contributed by atoms with Crippen LogP contribution in [0.5, 0.6) is 0 Å². The number of amides is 2. The van der Waals surface area contributed by atoms with Crippen molar-refractivity contribution in [2.75, 3.05) is 20.3 Å². The molecule has 6 nitrogen and oxygen atoms in total. The molecule has 0 radical (unpaired) electrons. The molecule has 2 amide bonds. The van der Waals surface area contributed by atoms with Gasteiger partial charge >= 0.3 is 12.1 Å². The molecule has 1 heterocycles. The number of cyclic esters (lactones) is 1. The lowest BCUT2D eigenvalue weighted by atomic mass is 9.79. The number of rotatable bonds is 2. The highest BCUT2D eigenvalue weighted by molar-refractivity contribution is 5.96. The predicted octanol–water partition coefficient (Wildman–Crippen LogP) is 1.11. The van der Waals surface area contributed by atoms with Crippen LogP contribution < -0.4 is 0 Å². The largest absolute Gasteiger partial charge is 0.469 e. The molecule has 0 bridgehead atoms. The molecule has 1 unspecified atom stereocenters. The number of ether oxygens (including phenoxy) is 2. The van der Waals surface area contributed by atoms with Gasteiger partial charge in [0, 0.05) is 0 Å². The van der Waals surface area contributed by atoms with E-state index in [1.165, 1.54) is 7.11 Å². The quantitative estimate of drug-likeness (QED) is 0.553. The average molecular weight is 267 g/mol. The molecule has 2 rings (SSSR count). The minimum atomic E-state index is -0.625. The fourth-order valence-electron chi connectivity index (χ4n) is 2.53. The number of carbonyl (C=O) groups is 3. The van der Waals surface area contributed by atoms with Crippen molar-refractivity contribution >= 4 is 18.0 Å². The van der Waals surface area contributed by atoms with Crippen LogP contribution in [0, 0.1) is 11.8 Å². The second-order valence-electron chi connectivity index (χ2n) is 4.83. The monoisotopic (exact) mass is 267 g/mol. The Balaban J connectivity index is 2.18. The fourth-order valence-corrected chi connectivity index (χ4v) is 2.53. The number of nitrogens with zero attached hydrogens (tertiary/aromatic N) is 1. The van der Waals surface area contributed by atoms with Crippen LogP contribution in [-0.4, -0.2) is 43.1 Å². The minimum Gasteiger partial charge on any atom is -0.469 e. The van der Waals surface area contributed by atoms with Gasteiger partial charge in [0.05, 0.1) is 25.5 Å². The first kappa shape index (κ1) is 13.6. The lowest BCUT2D eigenvalue weighted by Crippen LogP contribution is -2.42. The zero-order chi connectivity index (χ0) is 14.0. The smallest absolute Gasteiger partial charge is 0.416 e. The van der Waals surface area contributed by atoms with Crippen LogP contribution in [-0.2, 0) is 19.1 Å². The van der Waals surface area contributed by atoms with E-state index < -0.39 is 23.9 Å². The summed E-state index contributed by atoms with van der Waals surface area (Å²) in [5.41, 5.74) is 1.06. The standard InChI is InChI=1S/C13H17NO5/c1-8-3-4-9(10(7-8)12(16)18-2)11(15)14-5-6-19-13(14)17/h3,9-10H,4-7H2,1-2H3/t9?,10-/m1/s1. The van der Waals surface area contributed by atoms with Crippen molar-refractivity contribution in [3.63, 3.8) is 0 Å². The highest BCUT2D eigenvalue weighted by atomic mass is 16.6. The third kappa shape index (κ3) is 2.62. The lowest BCUT2D eigenvalue weighted by Gasteiger charge is -2.29. The van der Waals surface area contributed by atoms with E-state index in [2.05, 4.69) is 0 Å². The number of esters is 1. The molecule has 1 fully saturated rings. The summed E-state index contributed by atoms with van der Waals surface area (Å²) < 4.78 is 9.51. The van der Waals surface area contributed by atoms with Gasteiger partial charge in [-0.05, 0) is 19.8 Å². The number of hydrogen-bond donors (Lipinski definition) is 0. The van der Waals surface area contributed by atoms with Crippen LogP contribution in [0.4, 0.5) is 4.79 Å². The maximum absolute atomic E-state index is 12.3. The normalized spacial score (nSPS) is 26.7. The summed E-state index contributed by atoms with van der Waals surface area (Å²) in [7, 11) is 1.31. The number of carbonyl (C=O) groups excluding carboxylic acids is 3. The maximum atomic E-state index is 12.3. The van der Waals surface area contributed by atoms with Gasteiger partial charge in [-0.25, -0.2) is 9.69 Å². The van der Waals surface area contributed by atoms with Crippen LogP contribution in [0.15, 0.2) is 11.6 Å². The Morgan fingerprint density at radius 1 is 1.42 bits per heavy atom. The molecule has 0 aromatic heterocycles. The molecule has 6 heteroatoms. The summed E-state index contributed by atoms with van der Waals surface area (Å²) in [6, 6.07) is 0. The van der Waals surface area contributed by atoms with E-state index in [1.807, 2.05) is 13.0 Å². The molecule has 19 heavy (non-hydrogen) atoms. The van der Waals surface area contributed by atoms with E-state index in [-0.39, 0.29) is 19.1 Å². The summed E-state index contributed by atoms with van der Waals surface area (Å²) >= 11 is 0. The second kappa shape index (κ2) is 5.42. The van der Waals surface area contributed by atoms with Crippen molar-refractivity contribution in [2.45, 2.75) is 19.8 Å². The fraction of sp³-hybridized carbons (Fsp3) is 0.615. The van der Waals surface area contributed by atoms with Gasteiger partial charge in [0.2, 0.25) is 5.91 Å². The first-order valence-electron chi connectivity index (χ1n) is 6.26. The molecule has 0 saturated carbocycles. The van der Waals surface area contributed by atoms with Gasteiger partial charge < -0.3 is 9.47 Å². The van der Waals surface area contributed by atoms with E-state index in [1.54, 1.807) is 0 Å². The third-order valence-corrected chi connectivity index (χ3v) is 3.60. The summed E-state index contributed by atoms with van der Waals surface area (Å²) in [5, 5.41) is 0. The lowest BCUT2D eigenvalue weighted by molar-refractivity contribution is -0.152. The van der Waals surface area contributed by atoms with Gasteiger partial charge in [0.25, 0.3) is 0 Å². The van der Waals surface area contributed by atoms with Gasteiger partial charge in [-0.2, -0.15) is 0 Å². The molecule has 0 N–H and O–H groups in total. The highest BCUT2D eigenvalue weighted by Gasteiger charge is 2.41. The first-order chi connectivity index (χ1) is 9.04. The highest BCUT2D eigenvalue weighted by Crippen LogP contribution is 2.32. The molecule has 1 aliphatic heterocycles. The van der Waals surface area contributed by atoms with Crippen LogP contribution in [0.1, 0.15) is 19.8 Å². The van der Waals surface area contributed by atoms with Crippen molar-refractivity contribution in [1.29, 1.82) is 0 Å². The molecular formula is C13H17NO5. The molecule has 104 valence electrons. The van der Waals surface area contributed by atoms with Crippen LogP contribution in [0.25, 0.3) is 0 Å². The van der Waals surface area contributed by atoms with Crippen LogP contribution in [0.3, 0.4) is 0 Å². The minimum absolute atomic E-state index is 0.217. The summed E-state index contributed by atoms with van der Waals surface area (Å²) in [4.78, 5) is 36.6. The van der Waals surface area contributed by atoms with E-state index in [4.69, 9.17) is 9.47 Å². The van der Waals surface area contributed by atoms with E-state index in [0.29, 0.717) is 12.8 Å². The third-order valence-electron chi connectivity index (χ3n) is 3.60. The number of imide groups is 1. The topological polar surface area (TPSA) is 72.9 Å². The Labute approximate surface area is 111 Å². The Kier molecular flexibility index (Phi) is 3.87. The zero-order valence-corrected chi connectivity index (χ0v) is 11.0. The van der Waals surface area contributed by atoms with E-state index in [0.717, 1.165) is 10.5 Å². The summed E-state index contributed by atoms with van der Waals surface area (Å²) in [6.45, 7) is 2.39. The molecule has 1 aliphatic carbocycles. The zero-order valence-electron chi connectivity index (χ0n) is 11.0. The Morgan fingerprint density at radius 2 is 2.16 bits per heavy atom. The van der Waals surface area contributed by atoms with Crippen LogP contribution >= 0.6 is 0 Å². The van der Waals surface area contributed by atoms with Crippen molar-refractivity contribution in [3.8, 4) is 0 Å². The molecule has 2 atom stereocenters. The summed E-state index contributed by atoms with van der Waals surface area (Å²) in [6.07, 6.45) is 2.25. The molecule has 1 saturated heterocycles. The van der Waals surface area contributed by atoms with Gasteiger partial charge in [-0.3, -0.25) is 9.59 Å². The molecule has 0 aromatic carbocycles. The molecule has 0 spiro atoms. The summed E-state index contributed by atoms with van der Waals surface area (Å²) in [5.74, 6) is -1.81. The molecule has 0 aromatic rings. The molecule has 2 aliphatic rings. The van der Waals surface area contributed by atoms with E-state index >= 15 is 0 Å². The van der Waals surface area contributed by atoms with Gasteiger partial charge in [0.1, 0.15) is 6.61 Å². The van der Waals surface area contributed by atoms with Gasteiger partial charge in [0.15, 0.2) is 0 Å². The Bertz CT molecular complexity index is 442. The average Bonchev–Trinajstić information content (AvgIpc) is 2.83. The van der Waals surface area contributed by atoms with Gasteiger partial charge in [-0.1, -0.05) is 11.6 Å². The Hall–Kier alpha value is -1.85. The maximum Gasteiger partial charge on any atom is 0.416 e. The van der Waals surface area contributed by atoms with Crippen molar-refractivity contribution in [3.05, 3.63) is 11.6 Å². The predicted molar refractivity (Wildman–Crippen MR) is 65.0 cm³/mol. The Morgan fingerprint density at radius 3 is 2.74 bits per heavy atom. The first-order valence-corrected chi connectivity index (χ1v) is 6.26. The van der Waals surface area contributed by atoms with E-state index in [9.17, 15) is 14.4 Å². The number of allylic oxidation sites excluding steroid dienone is 2. The van der Waals surface area contributed by atoms with Crippen molar-refractivity contribution in [1.82, 2.24) is 4.90 Å². The second-order valence-corrected chi connectivity index (χ2v) is 4.83. The van der Waals surface area contributed by atoms with Crippen LogP contribution in [0.2, 0.25) is 0 Å². The van der Waals surface area contributed by atoms with Crippen molar-refractivity contribution in [2.24, 2.45) is 11.8 Å². The SMILES string of the molecule is COC(=O)[C@@H]1CC(C)=CCC1C(=O)N1CCOC1=O.